The standard InChI is InChI=1S/C13H10N2O3S2/c1-2-6-19-13-14-11(12(16)20-13)8-9-4-3-5-10(7-9)15(17)18/h2-5,7-8H,1,6H2/b11-8-. The number of nitro groups is 1. The second-order valence-electron chi connectivity index (χ2n) is 3.75. The van der Waals surface area contributed by atoms with E-state index in [2.05, 4.69) is 11.6 Å². The number of carbonyl (C=O) groups excluding carboxylic acids is 1. The first-order valence-corrected chi connectivity index (χ1v) is 7.41. The minimum Gasteiger partial charge on any atom is -0.279 e. The number of aliphatic imine (C=N–C) groups is 1. The fourth-order valence-corrected chi connectivity index (χ4v) is 3.07. The van der Waals surface area contributed by atoms with Gasteiger partial charge in [-0.15, -0.1) is 6.58 Å². The molecule has 102 valence electrons. The molecule has 0 aromatic heterocycles. The minimum atomic E-state index is -0.470. The number of hydrogen-bond donors (Lipinski definition) is 0. The van der Waals surface area contributed by atoms with Gasteiger partial charge in [0.25, 0.3) is 5.69 Å². The molecule has 5 nitrogen and oxygen atoms in total. The lowest BCUT2D eigenvalue weighted by Gasteiger charge is -1.95. The van der Waals surface area contributed by atoms with Gasteiger partial charge in [-0.05, 0) is 23.4 Å². The highest BCUT2D eigenvalue weighted by Crippen LogP contribution is 2.31. The zero-order valence-electron chi connectivity index (χ0n) is 10.3. The molecule has 1 aromatic carbocycles. The van der Waals surface area contributed by atoms with Gasteiger partial charge in [0.05, 0.1) is 4.92 Å². The Hall–Kier alpha value is -1.86. The van der Waals surface area contributed by atoms with Crippen LogP contribution in [0.5, 0.6) is 0 Å². The Morgan fingerprint density at radius 1 is 1.50 bits per heavy atom. The number of hydrogen-bond acceptors (Lipinski definition) is 6. The molecule has 0 amide bonds. The van der Waals surface area contributed by atoms with Crippen LogP contribution >= 0.6 is 23.5 Å². The molecule has 1 aliphatic heterocycles. The van der Waals surface area contributed by atoms with E-state index in [1.807, 2.05) is 0 Å². The molecule has 0 atom stereocenters. The second-order valence-corrected chi connectivity index (χ2v) is 5.98. The number of nitro benzene ring substituents is 1. The first kappa shape index (κ1) is 14.5. The maximum Gasteiger partial charge on any atom is 0.270 e. The highest BCUT2D eigenvalue weighted by molar-refractivity contribution is 8.45. The molecule has 0 saturated carbocycles. The van der Waals surface area contributed by atoms with Gasteiger partial charge in [-0.3, -0.25) is 14.9 Å². The van der Waals surface area contributed by atoms with Crippen molar-refractivity contribution in [1.29, 1.82) is 0 Å². The lowest BCUT2D eigenvalue weighted by atomic mass is 10.2. The molecular formula is C13H10N2O3S2. The number of benzene rings is 1. The Balaban J connectivity index is 2.24. The normalized spacial score (nSPS) is 16.3. The largest absolute Gasteiger partial charge is 0.279 e. The van der Waals surface area contributed by atoms with E-state index in [4.69, 9.17) is 0 Å². The van der Waals surface area contributed by atoms with E-state index in [-0.39, 0.29) is 10.8 Å². The van der Waals surface area contributed by atoms with Crippen LogP contribution < -0.4 is 0 Å². The molecule has 0 bridgehead atoms. The first-order valence-electron chi connectivity index (χ1n) is 5.61. The van der Waals surface area contributed by atoms with Crippen LogP contribution in [0.25, 0.3) is 6.08 Å². The fourth-order valence-electron chi connectivity index (χ4n) is 1.47. The van der Waals surface area contributed by atoms with E-state index < -0.39 is 4.92 Å². The SMILES string of the molecule is C=CCSC1=N/C(=C\c2cccc([N+](=O)[O-])c2)C(=O)S1. The molecule has 0 N–H and O–H groups in total. The van der Waals surface area contributed by atoms with Crippen molar-refractivity contribution in [3.8, 4) is 0 Å². The van der Waals surface area contributed by atoms with Crippen molar-refractivity contribution in [1.82, 2.24) is 0 Å². The first-order chi connectivity index (χ1) is 9.60. The summed E-state index contributed by atoms with van der Waals surface area (Å²) in [6.07, 6.45) is 3.30. The van der Waals surface area contributed by atoms with Crippen molar-refractivity contribution in [2.24, 2.45) is 4.99 Å². The summed E-state index contributed by atoms with van der Waals surface area (Å²) < 4.78 is 0.673. The number of non-ortho nitro benzene ring substituents is 1. The Morgan fingerprint density at radius 3 is 3.00 bits per heavy atom. The van der Waals surface area contributed by atoms with Crippen LogP contribution in [0.3, 0.4) is 0 Å². The second kappa shape index (κ2) is 6.53. The van der Waals surface area contributed by atoms with Gasteiger partial charge in [0.1, 0.15) is 10.1 Å². The van der Waals surface area contributed by atoms with Crippen LogP contribution in [0.1, 0.15) is 5.56 Å². The van der Waals surface area contributed by atoms with Crippen molar-refractivity contribution in [3.63, 3.8) is 0 Å². The van der Waals surface area contributed by atoms with Gasteiger partial charge < -0.3 is 0 Å². The highest BCUT2D eigenvalue weighted by atomic mass is 32.2. The molecule has 0 saturated heterocycles. The van der Waals surface area contributed by atoms with Gasteiger partial charge in [-0.1, -0.05) is 30.0 Å². The van der Waals surface area contributed by atoms with Gasteiger partial charge in [-0.2, -0.15) is 0 Å². The fraction of sp³-hybridized carbons (Fsp3) is 0.0769. The zero-order chi connectivity index (χ0) is 14.5. The van der Waals surface area contributed by atoms with E-state index in [9.17, 15) is 14.9 Å². The molecule has 0 aliphatic carbocycles. The van der Waals surface area contributed by atoms with E-state index in [1.165, 1.54) is 23.9 Å². The molecule has 20 heavy (non-hydrogen) atoms. The third kappa shape index (κ3) is 3.58. The van der Waals surface area contributed by atoms with E-state index in [1.54, 1.807) is 24.3 Å². The Labute approximate surface area is 124 Å². The number of nitrogens with zero attached hydrogens (tertiary/aromatic N) is 2. The van der Waals surface area contributed by atoms with Crippen LogP contribution in [0.4, 0.5) is 5.69 Å². The molecule has 0 radical (unpaired) electrons. The molecule has 1 aromatic rings. The van der Waals surface area contributed by atoms with Crippen LogP contribution in [0.15, 0.2) is 47.6 Å². The molecule has 1 heterocycles. The van der Waals surface area contributed by atoms with Crippen LogP contribution in [0.2, 0.25) is 0 Å². The molecule has 1 aliphatic rings. The maximum atomic E-state index is 11.8. The number of rotatable bonds is 4. The van der Waals surface area contributed by atoms with E-state index in [0.717, 1.165) is 11.8 Å². The smallest absolute Gasteiger partial charge is 0.270 e. The average molecular weight is 306 g/mol. The topological polar surface area (TPSA) is 72.6 Å². The molecule has 0 spiro atoms. The van der Waals surface area contributed by atoms with Crippen LogP contribution in [-0.4, -0.2) is 20.2 Å². The lowest BCUT2D eigenvalue weighted by molar-refractivity contribution is -0.384. The molecule has 2 rings (SSSR count). The van der Waals surface area contributed by atoms with Crippen molar-refractivity contribution in [3.05, 3.63) is 58.3 Å². The van der Waals surface area contributed by atoms with Gasteiger partial charge in [0.2, 0.25) is 5.12 Å². The van der Waals surface area contributed by atoms with Gasteiger partial charge in [-0.25, -0.2) is 4.99 Å². The summed E-state index contributed by atoms with van der Waals surface area (Å²) in [7, 11) is 0. The maximum absolute atomic E-state index is 11.8. The quantitative estimate of drug-likeness (QED) is 0.368. The van der Waals surface area contributed by atoms with Crippen LogP contribution in [-0.2, 0) is 4.79 Å². The van der Waals surface area contributed by atoms with Gasteiger partial charge in [0.15, 0.2) is 0 Å². The predicted octanol–water partition coefficient (Wildman–Crippen LogP) is 3.48. The molecule has 7 heteroatoms. The van der Waals surface area contributed by atoms with Crippen LogP contribution in [0, 0.1) is 10.1 Å². The van der Waals surface area contributed by atoms with Crippen molar-refractivity contribution >= 4 is 44.8 Å². The third-order valence-corrected chi connectivity index (χ3v) is 4.31. The van der Waals surface area contributed by atoms with Crippen molar-refractivity contribution < 1.29 is 9.72 Å². The Bertz CT molecular complexity index is 638. The summed E-state index contributed by atoms with van der Waals surface area (Å²) in [4.78, 5) is 26.2. The van der Waals surface area contributed by atoms with Crippen molar-refractivity contribution in [2.45, 2.75) is 0 Å². The molecular weight excluding hydrogens is 296 g/mol. The summed E-state index contributed by atoms with van der Waals surface area (Å²) in [5.74, 6) is 0.684. The lowest BCUT2D eigenvalue weighted by Crippen LogP contribution is -1.90. The molecule has 0 unspecified atom stereocenters. The number of thioether (sulfide) groups is 2. The van der Waals surface area contributed by atoms with Gasteiger partial charge >= 0.3 is 0 Å². The zero-order valence-corrected chi connectivity index (χ0v) is 11.9. The third-order valence-electron chi connectivity index (χ3n) is 2.31. The summed E-state index contributed by atoms with van der Waals surface area (Å²) >= 11 is 2.50. The minimum absolute atomic E-state index is 0.0114. The predicted molar refractivity (Wildman–Crippen MR) is 83.8 cm³/mol. The Kier molecular flexibility index (Phi) is 4.75. The average Bonchev–Trinajstić information content (AvgIpc) is 2.77. The van der Waals surface area contributed by atoms with Crippen molar-refractivity contribution in [2.75, 3.05) is 5.75 Å². The monoisotopic (exact) mass is 306 g/mol. The molecule has 0 fully saturated rings. The summed E-state index contributed by atoms with van der Waals surface area (Å²) in [5, 5.41) is 10.5. The highest BCUT2D eigenvalue weighted by Gasteiger charge is 2.22. The van der Waals surface area contributed by atoms with Gasteiger partial charge in [0, 0.05) is 17.9 Å². The van der Waals surface area contributed by atoms with E-state index in [0.29, 0.717) is 21.4 Å². The number of carbonyl (C=O) groups is 1. The summed E-state index contributed by atoms with van der Waals surface area (Å²) in [6, 6.07) is 6.09. The summed E-state index contributed by atoms with van der Waals surface area (Å²) in [5.41, 5.74) is 0.881. The van der Waals surface area contributed by atoms with E-state index >= 15 is 0 Å². The Morgan fingerprint density at radius 2 is 2.30 bits per heavy atom. The summed E-state index contributed by atoms with van der Waals surface area (Å²) in [6.45, 7) is 3.61.